The summed E-state index contributed by atoms with van der Waals surface area (Å²) in [6.45, 7) is 3.79. The predicted octanol–water partition coefficient (Wildman–Crippen LogP) is 1.57. The second kappa shape index (κ2) is 5.11. The zero-order valence-corrected chi connectivity index (χ0v) is 11.2. The first-order chi connectivity index (χ1) is 9.01. The molecule has 0 aliphatic heterocycles. The number of nitrogens with two attached hydrogens (primary N) is 1. The van der Waals surface area contributed by atoms with Crippen molar-refractivity contribution in [2.45, 2.75) is 13.8 Å². The summed E-state index contributed by atoms with van der Waals surface area (Å²) in [5.41, 5.74) is 5.45. The van der Waals surface area contributed by atoms with E-state index in [9.17, 15) is 4.79 Å². The van der Waals surface area contributed by atoms with Crippen LogP contribution in [0, 0.1) is 13.8 Å². The summed E-state index contributed by atoms with van der Waals surface area (Å²) in [4.78, 5) is 12.3. The number of rotatable bonds is 3. The smallest absolute Gasteiger partial charge is 0.258 e. The quantitative estimate of drug-likeness (QED) is 0.577. The highest BCUT2D eigenvalue weighted by Crippen LogP contribution is 2.18. The lowest BCUT2D eigenvalue weighted by Crippen LogP contribution is -2.18. The van der Waals surface area contributed by atoms with Crippen LogP contribution in [0.2, 0.25) is 0 Å². The Balaban J connectivity index is 2.29. The molecule has 6 heteroatoms. The summed E-state index contributed by atoms with van der Waals surface area (Å²) in [5.74, 6) is 5.84. The molecule has 1 heterocycles. The number of amides is 1. The third kappa shape index (κ3) is 2.74. The number of nitrogens with one attached hydrogen (secondary N) is 2. The van der Waals surface area contributed by atoms with Crippen LogP contribution in [0.15, 0.2) is 24.3 Å². The maximum atomic E-state index is 12.3. The van der Waals surface area contributed by atoms with Gasteiger partial charge < -0.3 is 10.7 Å². The van der Waals surface area contributed by atoms with Crippen molar-refractivity contribution in [3.05, 3.63) is 41.1 Å². The van der Waals surface area contributed by atoms with Gasteiger partial charge in [-0.25, -0.2) is 0 Å². The lowest BCUT2D eigenvalue weighted by atomic mass is 10.1. The summed E-state index contributed by atoms with van der Waals surface area (Å²) in [6, 6.07) is 7.26. The highest BCUT2D eigenvalue weighted by Gasteiger charge is 2.13. The van der Waals surface area contributed by atoms with Gasteiger partial charge in [-0.3, -0.25) is 15.3 Å². The fourth-order valence-electron chi connectivity index (χ4n) is 1.88. The van der Waals surface area contributed by atoms with E-state index in [-0.39, 0.29) is 5.91 Å². The number of nitrogens with zero attached hydrogens (tertiary/aromatic N) is 2. The number of hydrogen-bond acceptors (Lipinski definition) is 4. The van der Waals surface area contributed by atoms with E-state index in [1.54, 1.807) is 23.9 Å². The number of carbonyl (C=O) groups is 1. The lowest BCUT2D eigenvalue weighted by Gasteiger charge is -2.10. The summed E-state index contributed by atoms with van der Waals surface area (Å²) in [5, 5.41) is 6.99. The number of aromatic nitrogens is 2. The molecule has 0 aliphatic rings. The van der Waals surface area contributed by atoms with Crippen LogP contribution >= 0.6 is 0 Å². The van der Waals surface area contributed by atoms with Gasteiger partial charge in [0.15, 0.2) is 0 Å². The first kappa shape index (κ1) is 13.1. The third-order valence-electron chi connectivity index (χ3n) is 2.82. The van der Waals surface area contributed by atoms with E-state index in [1.807, 2.05) is 26.0 Å². The van der Waals surface area contributed by atoms with E-state index < -0.39 is 0 Å². The van der Waals surface area contributed by atoms with Crippen LogP contribution < -0.4 is 16.6 Å². The Morgan fingerprint density at radius 3 is 2.63 bits per heavy atom. The molecule has 0 bridgehead atoms. The topological polar surface area (TPSA) is 85.0 Å². The summed E-state index contributed by atoms with van der Waals surface area (Å²) >= 11 is 0. The number of aryl methyl sites for hydroxylation is 3. The Bertz CT molecular complexity index is 617. The minimum atomic E-state index is -0.223. The molecule has 0 saturated heterocycles. The molecule has 0 spiro atoms. The molecule has 1 amide bonds. The van der Waals surface area contributed by atoms with Crippen LogP contribution in [0.5, 0.6) is 0 Å². The van der Waals surface area contributed by atoms with Crippen LogP contribution in [-0.4, -0.2) is 15.7 Å². The molecule has 1 aromatic heterocycles. The lowest BCUT2D eigenvalue weighted by molar-refractivity contribution is 0.102. The fraction of sp³-hybridized carbons (Fsp3) is 0.231. The van der Waals surface area contributed by atoms with Crippen LogP contribution in [0.3, 0.4) is 0 Å². The van der Waals surface area contributed by atoms with Crippen molar-refractivity contribution < 1.29 is 4.79 Å². The van der Waals surface area contributed by atoms with Gasteiger partial charge in [0.1, 0.15) is 5.82 Å². The minimum Gasteiger partial charge on any atom is -0.323 e. The van der Waals surface area contributed by atoms with Gasteiger partial charge in [0, 0.05) is 13.1 Å². The van der Waals surface area contributed by atoms with E-state index in [0.717, 1.165) is 11.3 Å². The zero-order valence-electron chi connectivity index (χ0n) is 11.2. The normalized spacial score (nSPS) is 10.3. The Kier molecular flexibility index (Phi) is 3.52. The molecule has 0 unspecified atom stereocenters. The van der Waals surface area contributed by atoms with Crippen LogP contribution in [0.4, 0.5) is 11.5 Å². The van der Waals surface area contributed by atoms with Crippen LogP contribution in [0.25, 0.3) is 0 Å². The molecule has 0 fully saturated rings. The van der Waals surface area contributed by atoms with Crippen molar-refractivity contribution in [3.8, 4) is 0 Å². The molecule has 6 nitrogen and oxygen atoms in total. The summed E-state index contributed by atoms with van der Waals surface area (Å²) in [7, 11) is 1.78. The van der Waals surface area contributed by atoms with Gasteiger partial charge in [0.2, 0.25) is 0 Å². The van der Waals surface area contributed by atoms with Gasteiger partial charge in [-0.1, -0.05) is 11.6 Å². The molecule has 1 aromatic carbocycles. The molecule has 0 saturated carbocycles. The third-order valence-corrected chi connectivity index (χ3v) is 2.82. The molecular weight excluding hydrogens is 242 g/mol. The molecule has 2 aromatic rings. The van der Waals surface area contributed by atoms with Crippen molar-refractivity contribution >= 4 is 17.4 Å². The van der Waals surface area contributed by atoms with Gasteiger partial charge in [-0.15, -0.1) is 0 Å². The minimum absolute atomic E-state index is 0.223. The van der Waals surface area contributed by atoms with Gasteiger partial charge in [0.05, 0.1) is 16.9 Å². The molecule has 0 atom stereocenters. The monoisotopic (exact) mass is 259 g/mol. The summed E-state index contributed by atoms with van der Waals surface area (Å²) in [6.07, 6.45) is 0. The largest absolute Gasteiger partial charge is 0.323 e. The molecule has 0 radical (unpaired) electrons. The molecule has 19 heavy (non-hydrogen) atoms. The van der Waals surface area contributed by atoms with Crippen molar-refractivity contribution in [2.75, 3.05) is 10.7 Å². The van der Waals surface area contributed by atoms with Crippen molar-refractivity contribution in [2.24, 2.45) is 12.9 Å². The van der Waals surface area contributed by atoms with E-state index in [2.05, 4.69) is 15.8 Å². The summed E-state index contributed by atoms with van der Waals surface area (Å²) < 4.78 is 1.62. The van der Waals surface area contributed by atoms with E-state index >= 15 is 0 Å². The maximum Gasteiger partial charge on any atom is 0.258 e. The standard InChI is InChI=1S/C13H17N5O/c1-8-4-5-11(16-14)10(6-8)13(19)15-12-7-9(2)17-18(12)3/h4-7,16H,14H2,1-3H3,(H,15,19). The van der Waals surface area contributed by atoms with Gasteiger partial charge in [-0.05, 0) is 26.0 Å². The number of nitrogen functional groups attached to an aromatic ring is 1. The number of hydrazine groups is 1. The first-order valence-corrected chi connectivity index (χ1v) is 5.90. The van der Waals surface area contributed by atoms with Crippen molar-refractivity contribution in [1.29, 1.82) is 0 Å². The SMILES string of the molecule is Cc1ccc(NN)c(C(=O)Nc2cc(C)nn2C)c1. The molecule has 4 N–H and O–H groups in total. The Morgan fingerprint density at radius 2 is 2.05 bits per heavy atom. The maximum absolute atomic E-state index is 12.3. The Hall–Kier alpha value is -2.34. The number of benzene rings is 1. The van der Waals surface area contributed by atoms with E-state index in [4.69, 9.17) is 5.84 Å². The Labute approximate surface area is 111 Å². The average molecular weight is 259 g/mol. The van der Waals surface area contributed by atoms with Crippen molar-refractivity contribution in [1.82, 2.24) is 9.78 Å². The first-order valence-electron chi connectivity index (χ1n) is 5.90. The molecule has 0 aliphatic carbocycles. The average Bonchev–Trinajstić information content (AvgIpc) is 2.67. The van der Waals surface area contributed by atoms with E-state index in [0.29, 0.717) is 17.1 Å². The Morgan fingerprint density at radius 1 is 1.32 bits per heavy atom. The van der Waals surface area contributed by atoms with Gasteiger partial charge in [-0.2, -0.15) is 5.10 Å². The number of anilines is 2. The van der Waals surface area contributed by atoms with Crippen LogP contribution in [0.1, 0.15) is 21.6 Å². The van der Waals surface area contributed by atoms with Gasteiger partial charge >= 0.3 is 0 Å². The van der Waals surface area contributed by atoms with E-state index in [1.165, 1.54) is 0 Å². The highest BCUT2D eigenvalue weighted by atomic mass is 16.1. The molecular formula is C13H17N5O. The zero-order chi connectivity index (χ0) is 14.0. The molecule has 100 valence electrons. The fourth-order valence-corrected chi connectivity index (χ4v) is 1.88. The number of hydrogen-bond donors (Lipinski definition) is 3. The number of carbonyl (C=O) groups excluding carboxylic acids is 1. The van der Waals surface area contributed by atoms with Gasteiger partial charge in [0.25, 0.3) is 5.91 Å². The second-order valence-corrected chi connectivity index (χ2v) is 4.44. The van der Waals surface area contributed by atoms with Crippen LogP contribution in [-0.2, 0) is 7.05 Å². The van der Waals surface area contributed by atoms with Crippen molar-refractivity contribution in [3.63, 3.8) is 0 Å². The highest BCUT2D eigenvalue weighted by molar-refractivity contribution is 6.07. The predicted molar refractivity (Wildman–Crippen MR) is 74.9 cm³/mol. The second-order valence-electron chi connectivity index (χ2n) is 4.44. The molecule has 2 rings (SSSR count).